The zero-order valence-corrected chi connectivity index (χ0v) is 12.7. The predicted molar refractivity (Wildman–Crippen MR) is 77.7 cm³/mol. The van der Waals surface area contributed by atoms with Gasteiger partial charge in [-0.05, 0) is 36.6 Å². The van der Waals surface area contributed by atoms with E-state index in [1.165, 1.54) is 12.1 Å². The van der Waals surface area contributed by atoms with Gasteiger partial charge in [0.25, 0.3) is 0 Å². The number of ether oxygens (including phenoxy) is 1. The summed E-state index contributed by atoms with van der Waals surface area (Å²) >= 11 is 0. The molecule has 0 aliphatic rings. The third kappa shape index (κ3) is 4.59. The van der Waals surface area contributed by atoms with Crippen molar-refractivity contribution in [1.82, 2.24) is 5.32 Å². The number of nitrogens with one attached hydrogen (secondary N) is 1. The lowest BCUT2D eigenvalue weighted by Crippen LogP contribution is -2.42. The van der Waals surface area contributed by atoms with Crippen LogP contribution in [0.5, 0.6) is 0 Å². The highest BCUT2D eigenvalue weighted by molar-refractivity contribution is 5.22. The Morgan fingerprint density at radius 2 is 1.74 bits per heavy atom. The van der Waals surface area contributed by atoms with Crippen molar-refractivity contribution in [3.05, 3.63) is 35.6 Å². The molecule has 1 rings (SSSR count). The standard InChI is InChI=1S/C16H26FNO/c1-6-18-14(12-8-10-13(17)11-9-12)15(19-7-2)16(3,4)5/h8-11,14-15,18H,6-7H2,1-5H3. The van der Waals surface area contributed by atoms with Crippen molar-refractivity contribution in [2.45, 2.75) is 46.8 Å². The number of hydrogen-bond acceptors (Lipinski definition) is 2. The van der Waals surface area contributed by atoms with Crippen LogP contribution < -0.4 is 5.32 Å². The zero-order valence-electron chi connectivity index (χ0n) is 12.7. The second-order valence-corrected chi connectivity index (χ2v) is 5.83. The fourth-order valence-corrected chi connectivity index (χ4v) is 2.32. The maximum absolute atomic E-state index is 13.1. The highest BCUT2D eigenvalue weighted by Gasteiger charge is 2.33. The summed E-state index contributed by atoms with van der Waals surface area (Å²) in [6, 6.07) is 6.75. The van der Waals surface area contributed by atoms with Crippen LogP contribution in [-0.2, 0) is 4.74 Å². The van der Waals surface area contributed by atoms with Crippen molar-refractivity contribution in [2.75, 3.05) is 13.2 Å². The highest BCUT2D eigenvalue weighted by Crippen LogP contribution is 2.33. The molecule has 0 spiro atoms. The molecule has 0 radical (unpaired) electrons. The van der Waals surface area contributed by atoms with Crippen LogP contribution in [0.1, 0.15) is 46.2 Å². The van der Waals surface area contributed by atoms with Gasteiger partial charge in [-0.3, -0.25) is 0 Å². The SMILES string of the molecule is CCNC(c1ccc(F)cc1)C(OCC)C(C)(C)C. The van der Waals surface area contributed by atoms with Crippen LogP contribution >= 0.6 is 0 Å². The predicted octanol–water partition coefficient (Wildman–Crippen LogP) is 3.93. The molecule has 19 heavy (non-hydrogen) atoms. The molecule has 1 aromatic rings. The summed E-state index contributed by atoms with van der Waals surface area (Å²) in [5.74, 6) is -0.206. The van der Waals surface area contributed by atoms with Crippen LogP contribution in [0.3, 0.4) is 0 Å². The van der Waals surface area contributed by atoms with Crippen LogP contribution in [0.25, 0.3) is 0 Å². The molecule has 0 bridgehead atoms. The molecule has 2 atom stereocenters. The number of rotatable bonds is 6. The molecular formula is C16H26FNO. The van der Waals surface area contributed by atoms with Gasteiger partial charge in [0.2, 0.25) is 0 Å². The first-order valence-electron chi connectivity index (χ1n) is 7.00. The fourth-order valence-electron chi connectivity index (χ4n) is 2.32. The monoisotopic (exact) mass is 267 g/mol. The van der Waals surface area contributed by atoms with E-state index in [0.717, 1.165) is 12.1 Å². The van der Waals surface area contributed by atoms with E-state index >= 15 is 0 Å². The van der Waals surface area contributed by atoms with E-state index < -0.39 is 0 Å². The second-order valence-electron chi connectivity index (χ2n) is 5.83. The third-order valence-corrected chi connectivity index (χ3v) is 3.16. The van der Waals surface area contributed by atoms with Crippen molar-refractivity contribution < 1.29 is 9.13 Å². The average molecular weight is 267 g/mol. The third-order valence-electron chi connectivity index (χ3n) is 3.16. The van der Waals surface area contributed by atoms with Crippen molar-refractivity contribution >= 4 is 0 Å². The molecule has 0 amide bonds. The van der Waals surface area contributed by atoms with E-state index in [0.29, 0.717) is 6.61 Å². The number of hydrogen-bond donors (Lipinski definition) is 1. The van der Waals surface area contributed by atoms with E-state index in [-0.39, 0.29) is 23.4 Å². The molecule has 0 aliphatic carbocycles. The number of benzene rings is 1. The number of halogens is 1. The lowest BCUT2D eigenvalue weighted by Gasteiger charge is -2.37. The molecule has 0 aromatic heterocycles. The summed E-state index contributed by atoms with van der Waals surface area (Å²) in [4.78, 5) is 0. The van der Waals surface area contributed by atoms with Crippen LogP contribution in [0, 0.1) is 11.2 Å². The van der Waals surface area contributed by atoms with Gasteiger partial charge < -0.3 is 10.1 Å². The Balaban J connectivity index is 3.05. The summed E-state index contributed by atoms with van der Waals surface area (Å²) in [7, 11) is 0. The van der Waals surface area contributed by atoms with Crippen LogP contribution in [0.15, 0.2) is 24.3 Å². The van der Waals surface area contributed by atoms with Crippen molar-refractivity contribution in [3.8, 4) is 0 Å². The molecule has 0 heterocycles. The number of likely N-dealkylation sites (N-methyl/N-ethyl adjacent to an activating group) is 1. The fraction of sp³-hybridized carbons (Fsp3) is 0.625. The summed E-state index contributed by atoms with van der Waals surface area (Å²) < 4.78 is 19.0. The largest absolute Gasteiger partial charge is 0.376 e. The molecule has 3 heteroatoms. The average Bonchev–Trinajstić information content (AvgIpc) is 2.33. The molecule has 0 saturated carbocycles. The Labute approximate surface area is 116 Å². The van der Waals surface area contributed by atoms with Gasteiger partial charge in [0.1, 0.15) is 5.82 Å². The summed E-state index contributed by atoms with van der Waals surface area (Å²) in [6.07, 6.45) is 0.0444. The van der Waals surface area contributed by atoms with Crippen molar-refractivity contribution in [3.63, 3.8) is 0 Å². The molecule has 108 valence electrons. The lowest BCUT2D eigenvalue weighted by atomic mass is 9.82. The van der Waals surface area contributed by atoms with Gasteiger partial charge >= 0.3 is 0 Å². The minimum absolute atomic E-state index is 0.0111. The minimum atomic E-state index is -0.206. The molecular weight excluding hydrogens is 241 g/mol. The maximum Gasteiger partial charge on any atom is 0.123 e. The summed E-state index contributed by atoms with van der Waals surface area (Å²) in [5.41, 5.74) is 1.08. The first-order valence-corrected chi connectivity index (χ1v) is 7.00. The molecule has 0 saturated heterocycles. The first-order chi connectivity index (χ1) is 8.90. The van der Waals surface area contributed by atoms with Gasteiger partial charge in [0.05, 0.1) is 12.1 Å². The van der Waals surface area contributed by atoms with Crippen molar-refractivity contribution in [1.29, 1.82) is 0 Å². The molecule has 1 aromatic carbocycles. The van der Waals surface area contributed by atoms with E-state index in [4.69, 9.17) is 4.74 Å². The summed E-state index contributed by atoms with van der Waals surface area (Å²) in [6.45, 7) is 12.1. The normalized spacial score (nSPS) is 15.3. The van der Waals surface area contributed by atoms with Crippen LogP contribution in [0.2, 0.25) is 0 Å². The Hall–Kier alpha value is -0.930. The van der Waals surface area contributed by atoms with Crippen LogP contribution in [-0.4, -0.2) is 19.3 Å². The lowest BCUT2D eigenvalue weighted by molar-refractivity contribution is -0.0363. The molecule has 2 nitrogen and oxygen atoms in total. The topological polar surface area (TPSA) is 21.3 Å². The van der Waals surface area contributed by atoms with Gasteiger partial charge in [-0.15, -0.1) is 0 Å². The van der Waals surface area contributed by atoms with Gasteiger partial charge in [-0.2, -0.15) is 0 Å². The van der Waals surface area contributed by atoms with Gasteiger partial charge in [-0.1, -0.05) is 39.8 Å². The molecule has 2 unspecified atom stereocenters. The van der Waals surface area contributed by atoms with Crippen LogP contribution in [0.4, 0.5) is 4.39 Å². The Morgan fingerprint density at radius 1 is 1.16 bits per heavy atom. The Kier molecular flexibility index (Phi) is 5.95. The second kappa shape index (κ2) is 7.01. The van der Waals surface area contributed by atoms with E-state index in [1.807, 2.05) is 19.1 Å². The van der Waals surface area contributed by atoms with E-state index in [1.54, 1.807) is 0 Å². The quantitative estimate of drug-likeness (QED) is 0.843. The van der Waals surface area contributed by atoms with E-state index in [2.05, 4.69) is 33.0 Å². The first kappa shape index (κ1) is 16.1. The minimum Gasteiger partial charge on any atom is -0.376 e. The van der Waals surface area contributed by atoms with Gasteiger partial charge in [-0.25, -0.2) is 4.39 Å². The van der Waals surface area contributed by atoms with Crippen molar-refractivity contribution in [2.24, 2.45) is 5.41 Å². The smallest absolute Gasteiger partial charge is 0.123 e. The van der Waals surface area contributed by atoms with Gasteiger partial charge in [0, 0.05) is 6.61 Å². The van der Waals surface area contributed by atoms with E-state index in [9.17, 15) is 4.39 Å². The van der Waals surface area contributed by atoms with Gasteiger partial charge in [0.15, 0.2) is 0 Å². The summed E-state index contributed by atoms with van der Waals surface area (Å²) in [5, 5.41) is 3.46. The highest BCUT2D eigenvalue weighted by atomic mass is 19.1. The molecule has 1 N–H and O–H groups in total. The maximum atomic E-state index is 13.1. The molecule has 0 aliphatic heterocycles. The molecule has 0 fully saturated rings. The Bertz CT molecular complexity index is 369. The zero-order chi connectivity index (χ0) is 14.5. The Morgan fingerprint density at radius 3 is 2.16 bits per heavy atom.